The van der Waals surface area contributed by atoms with Crippen LogP contribution in [0.25, 0.3) is 0 Å². The molecule has 0 aliphatic carbocycles. The molecule has 1 aliphatic heterocycles. The van der Waals surface area contributed by atoms with Gasteiger partial charge in [0.15, 0.2) is 11.5 Å². The maximum Gasteiger partial charge on any atom is 0.161 e. The molecule has 1 unspecified atom stereocenters. The molecule has 0 aromatic heterocycles. The van der Waals surface area contributed by atoms with Crippen LogP contribution in [0.1, 0.15) is 22.9 Å². The minimum Gasteiger partial charge on any atom is -0.497 e. The number of benzene rings is 2. The van der Waals surface area contributed by atoms with Crippen LogP contribution in [0.2, 0.25) is 0 Å². The van der Waals surface area contributed by atoms with Gasteiger partial charge in [-0.05, 0) is 35.4 Å². The minimum absolute atomic E-state index is 0.229. The van der Waals surface area contributed by atoms with Crippen LogP contribution < -0.4 is 14.2 Å². The zero-order chi connectivity index (χ0) is 14.7. The van der Waals surface area contributed by atoms with Crippen molar-refractivity contribution in [2.75, 3.05) is 20.3 Å². The molecule has 0 saturated heterocycles. The minimum atomic E-state index is -0.229. The van der Waals surface area contributed by atoms with Gasteiger partial charge in [0.2, 0.25) is 0 Å². The van der Waals surface area contributed by atoms with Gasteiger partial charge >= 0.3 is 0 Å². The van der Waals surface area contributed by atoms with Crippen LogP contribution in [0.3, 0.4) is 0 Å². The van der Waals surface area contributed by atoms with Crippen molar-refractivity contribution < 1.29 is 14.2 Å². The van der Waals surface area contributed by atoms with E-state index in [0.29, 0.717) is 13.2 Å². The van der Waals surface area contributed by atoms with Gasteiger partial charge in [-0.3, -0.25) is 0 Å². The number of methoxy groups -OCH3 is 1. The molecule has 0 radical (unpaired) electrons. The van der Waals surface area contributed by atoms with E-state index in [1.807, 2.05) is 42.5 Å². The van der Waals surface area contributed by atoms with Crippen LogP contribution in [0, 0.1) is 0 Å². The summed E-state index contributed by atoms with van der Waals surface area (Å²) in [6, 6.07) is 13.6. The Morgan fingerprint density at radius 3 is 2.33 bits per heavy atom. The van der Waals surface area contributed by atoms with E-state index in [1.165, 1.54) is 0 Å². The maximum absolute atomic E-state index is 6.57. The Bertz CT molecular complexity index is 610. The fourth-order valence-corrected chi connectivity index (χ4v) is 2.58. The Morgan fingerprint density at radius 1 is 0.952 bits per heavy atom. The molecule has 110 valence electrons. The summed E-state index contributed by atoms with van der Waals surface area (Å²) in [6.07, 6.45) is 0.896. The van der Waals surface area contributed by atoms with E-state index < -0.39 is 0 Å². The molecule has 1 atom stereocenters. The highest BCUT2D eigenvalue weighted by atomic mass is 35.5. The summed E-state index contributed by atoms with van der Waals surface area (Å²) in [5, 5.41) is -0.229. The van der Waals surface area contributed by atoms with Crippen LogP contribution in [0.15, 0.2) is 42.5 Å². The van der Waals surface area contributed by atoms with Crippen molar-refractivity contribution in [2.45, 2.75) is 11.8 Å². The van der Waals surface area contributed by atoms with E-state index in [-0.39, 0.29) is 5.38 Å². The maximum atomic E-state index is 6.57. The molecule has 1 aliphatic rings. The van der Waals surface area contributed by atoms with Gasteiger partial charge in [-0.15, -0.1) is 11.6 Å². The molecule has 0 N–H and O–H groups in total. The molecule has 21 heavy (non-hydrogen) atoms. The molecule has 1 heterocycles. The third-order valence-electron chi connectivity index (χ3n) is 3.47. The smallest absolute Gasteiger partial charge is 0.161 e. The molecule has 0 spiro atoms. The van der Waals surface area contributed by atoms with E-state index in [2.05, 4.69) is 0 Å². The Kier molecular flexibility index (Phi) is 4.20. The monoisotopic (exact) mass is 304 g/mol. The summed E-state index contributed by atoms with van der Waals surface area (Å²) in [5.41, 5.74) is 2.01. The first-order valence-electron chi connectivity index (χ1n) is 6.95. The van der Waals surface area contributed by atoms with Gasteiger partial charge in [-0.1, -0.05) is 18.2 Å². The molecule has 3 rings (SSSR count). The zero-order valence-corrected chi connectivity index (χ0v) is 12.6. The van der Waals surface area contributed by atoms with E-state index in [1.54, 1.807) is 7.11 Å². The predicted octanol–water partition coefficient (Wildman–Crippen LogP) is 4.18. The topological polar surface area (TPSA) is 27.7 Å². The Morgan fingerprint density at radius 2 is 1.62 bits per heavy atom. The number of halogens is 1. The molecule has 2 aromatic carbocycles. The number of alkyl halides is 1. The molecule has 2 aromatic rings. The van der Waals surface area contributed by atoms with Crippen molar-refractivity contribution in [3.8, 4) is 17.2 Å². The fourth-order valence-electron chi connectivity index (χ4n) is 2.30. The molecule has 0 amide bonds. The highest BCUT2D eigenvalue weighted by molar-refractivity contribution is 6.22. The SMILES string of the molecule is COc1ccc(C(Cl)c2ccc3c(c2)OCCCO3)cc1. The Hall–Kier alpha value is -1.87. The van der Waals surface area contributed by atoms with E-state index >= 15 is 0 Å². The normalized spacial score (nSPS) is 15.1. The Balaban J connectivity index is 1.86. The van der Waals surface area contributed by atoms with Gasteiger partial charge < -0.3 is 14.2 Å². The Labute approximate surface area is 129 Å². The lowest BCUT2D eigenvalue weighted by Crippen LogP contribution is -1.97. The molecule has 0 fully saturated rings. The van der Waals surface area contributed by atoms with E-state index in [9.17, 15) is 0 Å². The zero-order valence-electron chi connectivity index (χ0n) is 11.8. The van der Waals surface area contributed by atoms with Crippen LogP contribution in [-0.2, 0) is 0 Å². The van der Waals surface area contributed by atoms with Gasteiger partial charge in [0.05, 0.1) is 25.7 Å². The summed E-state index contributed by atoms with van der Waals surface area (Å²) in [5.74, 6) is 2.38. The molecular weight excluding hydrogens is 288 g/mol. The second kappa shape index (κ2) is 6.27. The van der Waals surface area contributed by atoms with Gasteiger partial charge in [0.1, 0.15) is 5.75 Å². The summed E-state index contributed by atoms with van der Waals surface area (Å²) in [4.78, 5) is 0. The van der Waals surface area contributed by atoms with E-state index in [0.717, 1.165) is 34.8 Å². The van der Waals surface area contributed by atoms with Gasteiger partial charge in [0.25, 0.3) is 0 Å². The van der Waals surface area contributed by atoms with Crippen molar-refractivity contribution >= 4 is 11.6 Å². The van der Waals surface area contributed by atoms with Gasteiger partial charge in [-0.25, -0.2) is 0 Å². The lowest BCUT2D eigenvalue weighted by Gasteiger charge is -2.14. The summed E-state index contributed by atoms with van der Waals surface area (Å²) in [7, 11) is 1.65. The van der Waals surface area contributed by atoms with Crippen molar-refractivity contribution in [3.63, 3.8) is 0 Å². The summed E-state index contributed by atoms with van der Waals surface area (Å²) in [6.45, 7) is 1.36. The fraction of sp³-hybridized carbons (Fsp3) is 0.294. The predicted molar refractivity (Wildman–Crippen MR) is 82.7 cm³/mol. The van der Waals surface area contributed by atoms with Crippen molar-refractivity contribution in [1.29, 1.82) is 0 Å². The molecule has 4 heteroatoms. The number of rotatable bonds is 3. The second-order valence-corrected chi connectivity index (χ2v) is 5.33. The highest BCUT2D eigenvalue weighted by Gasteiger charge is 2.16. The third kappa shape index (κ3) is 3.08. The lowest BCUT2D eigenvalue weighted by atomic mass is 10.0. The van der Waals surface area contributed by atoms with Crippen molar-refractivity contribution in [1.82, 2.24) is 0 Å². The summed E-state index contributed by atoms with van der Waals surface area (Å²) >= 11 is 6.57. The lowest BCUT2D eigenvalue weighted by molar-refractivity contribution is 0.297. The number of ether oxygens (including phenoxy) is 3. The van der Waals surface area contributed by atoms with Gasteiger partial charge in [0, 0.05) is 6.42 Å². The van der Waals surface area contributed by atoms with Crippen LogP contribution >= 0.6 is 11.6 Å². The molecule has 0 saturated carbocycles. The van der Waals surface area contributed by atoms with Gasteiger partial charge in [-0.2, -0.15) is 0 Å². The first-order chi connectivity index (χ1) is 10.3. The number of hydrogen-bond acceptors (Lipinski definition) is 3. The van der Waals surface area contributed by atoms with Crippen molar-refractivity contribution in [3.05, 3.63) is 53.6 Å². The molecule has 3 nitrogen and oxygen atoms in total. The third-order valence-corrected chi connectivity index (χ3v) is 3.98. The highest BCUT2D eigenvalue weighted by Crippen LogP contribution is 2.36. The summed E-state index contributed by atoms with van der Waals surface area (Å²) < 4.78 is 16.5. The molecular formula is C17H17ClO3. The average molecular weight is 305 g/mol. The van der Waals surface area contributed by atoms with Crippen molar-refractivity contribution in [2.24, 2.45) is 0 Å². The largest absolute Gasteiger partial charge is 0.497 e. The standard InChI is InChI=1S/C17H17ClO3/c1-19-14-6-3-12(4-7-14)17(18)13-5-8-15-16(11-13)21-10-2-9-20-15/h3-8,11,17H,2,9-10H2,1H3. The molecule has 0 bridgehead atoms. The second-order valence-electron chi connectivity index (χ2n) is 4.89. The quantitative estimate of drug-likeness (QED) is 0.796. The average Bonchev–Trinajstić information content (AvgIpc) is 2.79. The van der Waals surface area contributed by atoms with E-state index in [4.69, 9.17) is 25.8 Å². The van der Waals surface area contributed by atoms with Crippen LogP contribution in [-0.4, -0.2) is 20.3 Å². The first kappa shape index (κ1) is 14.1. The van der Waals surface area contributed by atoms with Crippen LogP contribution in [0.4, 0.5) is 0 Å². The number of fused-ring (bicyclic) bond motifs is 1. The number of hydrogen-bond donors (Lipinski definition) is 0. The van der Waals surface area contributed by atoms with Crippen LogP contribution in [0.5, 0.6) is 17.2 Å². The first-order valence-corrected chi connectivity index (χ1v) is 7.39.